The van der Waals surface area contributed by atoms with E-state index in [0.29, 0.717) is 22.2 Å². The number of aromatic nitrogens is 4. The Morgan fingerprint density at radius 2 is 1.57 bits per heavy atom. The minimum absolute atomic E-state index is 0.00230. The third-order valence-electron chi connectivity index (χ3n) is 6.44. The van der Waals surface area contributed by atoms with Crippen molar-refractivity contribution in [3.05, 3.63) is 124 Å². The van der Waals surface area contributed by atoms with E-state index in [-0.39, 0.29) is 11.3 Å². The first kappa shape index (κ1) is 27.0. The highest BCUT2D eigenvalue weighted by Crippen LogP contribution is 2.21. The van der Waals surface area contributed by atoms with Gasteiger partial charge in [-0.25, -0.2) is 18.7 Å². The van der Waals surface area contributed by atoms with Crippen molar-refractivity contribution in [2.24, 2.45) is 4.99 Å². The smallest absolute Gasteiger partial charge is 0.323 e. The molecule has 202 valence electrons. The van der Waals surface area contributed by atoms with Crippen molar-refractivity contribution < 1.29 is 4.79 Å². The summed E-state index contributed by atoms with van der Waals surface area (Å²) in [5.41, 5.74) is 6.62. The molecule has 0 atom stereocenters. The van der Waals surface area contributed by atoms with E-state index in [0.717, 1.165) is 22.4 Å². The van der Waals surface area contributed by atoms with Gasteiger partial charge in [-0.05, 0) is 105 Å². The van der Waals surface area contributed by atoms with Gasteiger partial charge in [-0.1, -0.05) is 36.0 Å². The number of hydrogen-bond acceptors (Lipinski definition) is 4. The highest BCUT2D eigenvalue weighted by atomic mass is 32.2. The Balaban J connectivity index is 1.69. The fraction of sp³-hybridized carbons (Fsp3) is 0.161. The van der Waals surface area contributed by atoms with Crippen molar-refractivity contribution in [3.8, 4) is 17.1 Å². The molecule has 5 aromatic rings. The van der Waals surface area contributed by atoms with Gasteiger partial charge < -0.3 is 9.88 Å². The summed E-state index contributed by atoms with van der Waals surface area (Å²) < 4.78 is 5.00. The molecular weight excluding hydrogens is 520 g/mol. The first-order valence-electron chi connectivity index (χ1n) is 12.8. The third kappa shape index (κ3) is 5.55. The molecular formula is C31H30N6O2S. The van der Waals surface area contributed by atoms with E-state index in [1.54, 1.807) is 16.7 Å². The number of thioether (sulfide) groups is 1. The Bertz CT molecular complexity index is 1860. The van der Waals surface area contributed by atoms with Gasteiger partial charge in [0.15, 0.2) is 5.16 Å². The highest BCUT2D eigenvalue weighted by Gasteiger charge is 2.17. The van der Waals surface area contributed by atoms with Crippen LogP contribution in [-0.4, -0.2) is 31.0 Å². The Kier molecular flexibility index (Phi) is 7.57. The Labute approximate surface area is 236 Å². The van der Waals surface area contributed by atoms with Crippen LogP contribution in [0.4, 0.5) is 10.5 Å². The Morgan fingerprint density at radius 3 is 2.23 bits per heavy atom. The number of urea groups is 1. The number of anilines is 1. The van der Waals surface area contributed by atoms with Crippen molar-refractivity contribution in [1.82, 2.24) is 18.7 Å². The molecule has 1 N–H and O–H groups in total. The summed E-state index contributed by atoms with van der Waals surface area (Å²) in [6.07, 6.45) is 5.92. The normalized spacial score (nSPS) is 11.6. The highest BCUT2D eigenvalue weighted by molar-refractivity contribution is 7.98. The van der Waals surface area contributed by atoms with Gasteiger partial charge in [0.05, 0.1) is 11.4 Å². The van der Waals surface area contributed by atoms with Crippen LogP contribution in [0, 0.1) is 27.7 Å². The average Bonchev–Trinajstić information content (AvgIpc) is 3.34. The lowest BCUT2D eigenvalue weighted by Crippen LogP contribution is -2.42. The molecule has 0 unspecified atom stereocenters. The first-order valence-corrected chi connectivity index (χ1v) is 14.0. The zero-order valence-electron chi connectivity index (χ0n) is 23.0. The van der Waals surface area contributed by atoms with Crippen LogP contribution in [0.25, 0.3) is 17.1 Å². The number of aryl methyl sites for hydroxylation is 4. The van der Waals surface area contributed by atoms with E-state index in [4.69, 9.17) is 4.98 Å². The Morgan fingerprint density at radius 1 is 0.850 bits per heavy atom. The second kappa shape index (κ2) is 11.2. The Hall–Kier alpha value is -4.63. The second-order valence-corrected chi connectivity index (χ2v) is 10.4. The van der Waals surface area contributed by atoms with E-state index in [1.165, 1.54) is 21.9 Å². The van der Waals surface area contributed by atoms with Crippen LogP contribution in [0.2, 0.25) is 0 Å². The zero-order chi connectivity index (χ0) is 28.4. The van der Waals surface area contributed by atoms with Crippen molar-refractivity contribution in [1.29, 1.82) is 0 Å². The molecule has 0 saturated carbocycles. The maximum absolute atomic E-state index is 14.2. The summed E-state index contributed by atoms with van der Waals surface area (Å²) in [7, 11) is 0. The molecule has 9 heteroatoms. The van der Waals surface area contributed by atoms with Crippen LogP contribution in [0.1, 0.15) is 22.3 Å². The summed E-state index contributed by atoms with van der Waals surface area (Å²) in [5, 5.41) is 3.20. The van der Waals surface area contributed by atoms with Crippen molar-refractivity contribution >= 4 is 23.5 Å². The van der Waals surface area contributed by atoms with Gasteiger partial charge >= 0.3 is 11.7 Å². The largest absolute Gasteiger partial charge is 0.348 e. The summed E-state index contributed by atoms with van der Waals surface area (Å²) in [6.45, 7) is 7.95. The van der Waals surface area contributed by atoms with Crippen LogP contribution in [0.5, 0.6) is 0 Å². The molecule has 0 aliphatic carbocycles. The average molecular weight is 551 g/mol. The number of carbonyl (C=O) groups is 1. The zero-order valence-corrected chi connectivity index (χ0v) is 23.9. The van der Waals surface area contributed by atoms with Gasteiger partial charge in [0, 0.05) is 23.8 Å². The summed E-state index contributed by atoms with van der Waals surface area (Å²) >= 11 is 1.31. The van der Waals surface area contributed by atoms with E-state index < -0.39 is 6.03 Å². The molecule has 2 heterocycles. The molecule has 8 nitrogen and oxygen atoms in total. The lowest BCUT2D eigenvalue weighted by molar-refractivity contribution is 0.258. The van der Waals surface area contributed by atoms with Crippen molar-refractivity contribution in [2.45, 2.75) is 32.9 Å². The molecule has 0 fully saturated rings. The standard InChI is InChI=1S/C31H30N6O2S/c1-20-8-6-10-24(16-20)32-29(38)33-28-34-30(40-5)37(31(39)36(28)25-11-7-9-21(2)17-25)26-12-13-27(23(4)18-26)35-15-14-22(3)19-35/h6-19H,1-5H3,(H,32,38). The van der Waals surface area contributed by atoms with Crippen molar-refractivity contribution in [3.63, 3.8) is 0 Å². The number of carbonyl (C=O) groups excluding carboxylic acids is 1. The number of nitrogens with one attached hydrogen (secondary N) is 1. The fourth-order valence-corrected chi connectivity index (χ4v) is 5.10. The van der Waals surface area contributed by atoms with Gasteiger partial charge in [0.1, 0.15) is 0 Å². The maximum Gasteiger partial charge on any atom is 0.348 e. The van der Waals surface area contributed by atoms with Crippen molar-refractivity contribution in [2.75, 3.05) is 11.6 Å². The molecule has 2 amide bonds. The number of rotatable bonds is 5. The molecule has 0 spiro atoms. The number of hydrogen-bond donors (Lipinski definition) is 1. The van der Waals surface area contributed by atoms with Gasteiger partial charge in [-0.3, -0.25) is 0 Å². The quantitative estimate of drug-likeness (QED) is 0.276. The number of amides is 2. The summed E-state index contributed by atoms with van der Waals surface area (Å²) in [4.78, 5) is 36.1. The predicted molar refractivity (Wildman–Crippen MR) is 160 cm³/mol. The summed E-state index contributed by atoms with van der Waals surface area (Å²) in [5.74, 6) is 0. The molecule has 0 aliphatic heterocycles. The van der Waals surface area contributed by atoms with Gasteiger partial charge in [0.2, 0.25) is 5.62 Å². The lowest BCUT2D eigenvalue weighted by Gasteiger charge is -2.16. The molecule has 0 bridgehead atoms. The molecule has 0 radical (unpaired) electrons. The molecule has 0 aliphatic rings. The van der Waals surface area contributed by atoms with E-state index in [9.17, 15) is 9.59 Å². The van der Waals surface area contributed by atoms with Crippen LogP contribution >= 0.6 is 11.8 Å². The summed E-state index contributed by atoms with van der Waals surface area (Å²) in [6, 6.07) is 22.2. The number of nitrogens with zero attached hydrogens (tertiary/aromatic N) is 5. The van der Waals surface area contributed by atoms with E-state index in [1.807, 2.05) is 94.7 Å². The first-order chi connectivity index (χ1) is 19.2. The molecule has 40 heavy (non-hydrogen) atoms. The lowest BCUT2D eigenvalue weighted by atomic mass is 10.1. The van der Waals surface area contributed by atoms with E-state index in [2.05, 4.69) is 27.1 Å². The van der Waals surface area contributed by atoms with Gasteiger partial charge in [-0.15, -0.1) is 0 Å². The van der Waals surface area contributed by atoms with Crippen LogP contribution in [0.15, 0.2) is 100 Å². The molecule has 3 aromatic carbocycles. The fourth-order valence-electron chi connectivity index (χ4n) is 4.57. The molecule has 2 aromatic heterocycles. The minimum Gasteiger partial charge on any atom is -0.323 e. The second-order valence-electron chi connectivity index (χ2n) is 9.67. The van der Waals surface area contributed by atoms with Gasteiger partial charge in [-0.2, -0.15) is 9.98 Å². The van der Waals surface area contributed by atoms with E-state index >= 15 is 0 Å². The third-order valence-corrected chi connectivity index (χ3v) is 7.08. The number of benzene rings is 3. The SMILES string of the molecule is CSc1nc(=NC(=O)Nc2cccc(C)c2)n(-c2cccc(C)c2)c(=O)n1-c1ccc(-n2ccc(C)c2)c(C)c1. The maximum atomic E-state index is 14.2. The van der Waals surface area contributed by atoms with Crippen LogP contribution in [-0.2, 0) is 0 Å². The van der Waals surface area contributed by atoms with Crippen LogP contribution in [0.3, 0.4) is 0 Å². The molecule has 5 rings (SSSR count). The monoisotopic (exact) mass is 550 g/mol. The minimum atomic E-state index is -0.620. The predicted octanol–water partition coefficient (Wildman–Crippen LogP) is 5.90. The molecule has 0 saturated heterocycles. The van der Waals surface area contributed by atoms with Crippen LogP contribution < -0.4 is 16.6 Å². The topological polar surface area (TPSA) is 86.2 Å². The van der Waals surface area contributed by atoms with Gasteiger partial charge in [0.25, 0.3) is 0 Å².